The topological polar surface area (TPSA) is 55.5 Å². The molecule has 0 aliphatic heterocycles. The van der Waals surface area contributed by atoms with E-state index in [-0.39, 0.29) is 6.61 Å². The van der Waals surface area contributed by atoms with E-state index in [0.717, 1.165) is 5.39 Å². The molecule has 0 spiro atoms. The number of ether oxygens (including phenoxy) is 1. The third-order valence-corrected chi connectivity index (χ3v) is 1.80. The van der Waals surface area contributed by atoms with Gasteiger partial charge in [0, 0.05) is 11.6 Å². The third kappa shape index (κ3) is 1.25. The fourth-order valence-corrected chi connectivity index (χ4v) is 1.22. The van der Waals surface area contributed by atoms with Gasteiger partial charge in [0.15, 0.2) is 5.58 Å². The summed E-state index contributed by atoms with van der Waals surface area (Å²) in [4.78, 5) is 3.98. The van der Waals surface area contributed by atoms with Crippen LogP contribution in [0.1, 0.15) is 5.76 Å². The molecule has 1 N–H and O–H groups in total. The number of hydrogen-bond donors (Lipinski definition) is 1. The summed E-state index contributed by atoms with van der Waals surface area (Å²) >= 11 is 0. The summed E-state index contributed by atoms with van der Waals surface area (Å²) in [6.45, 7) is -0.113. The number of hydrogen-bond acceptors (Lipinski definition) is 4. The first-order chi connectivity index (χ1) is 6.35. The van der Waals surface area contributed by atoms with E-state index in [1.165, 1.54) is 7.11 Å². The average Bonchev–Trinajstić information content (AvgIpc) is 2.59. The standard InChI is InChI=1S/C9H9NO3/c1-12-9-8-6(2-3-10-9)4-7(5-11)13-8/h2-4,11H,5H2,1H3. The Morgan fingerprint density at radius 1 is 1.62 bits per heavy atom. The molecule has 0 saturated heterocycles. The van der Waals surface area contributed by atoms with Crippen LogP contribution < -0.4 is 4.74 Å². The summed E-state index contributed by atoms with van der Waals surface area (Å²) in [5.41, 5.74) is 0.578. The fourth-order valence-electron chi connectivity index (χ4n) is 1.22. The Morgan fingerprint density at radius 3 is 3.15 bits per heavy atom. The van der Waals surface area contributed by atoms with E-state index in [0.29, 0.717) is 17.2 Å². The van der Waals surface area contributed by atoms with E-state index in [9.17, 15) is 0 Å². The Kier molecular flexibility index (Phi) is 1.90. The Hall–Kier alpha value is -1.55. The molecule has 4 heteroatoms. The van der Waals surface area contributed by atoms with E-state index in [4.69, 9.17) is 14.3 Å². The number of rotatable bonds is 2. The van der Waals surface area contributed by atoms with Crippen molar-refractivity contribution in [3.05, 3.63) is 24.1 Å². The number of fused-ring (bicyclic) bond motifs is 1. The molecule has 0 atom stereocenters. The number of aliphatic hydroxyl groups excluding tert-OH is 1. The van der Waals surface area contributed by atoms with Gasteiger partial charge in [0.05, 0.1) is 7.11 Å². The van der Waals surface area contributed by atoms with Crippen LogP contribution in [0.3, 0.4) is 0 Å². The number of nitrogens with zero attached hydrogens (tertiary/aromatic N) is 1. The first kappa shape index (κ1) is 8.07. The normalized spacial score (nSPS) is 10.6. The second kappa shape index (κ2) is 3.06. The summed E-state index contributed by atoms with van der Waals surface area (Å²) < 4.78 is 10.3. The monoisotopic (exact) mass is 179 g/mol. The highest BCUT2D eigenvalue weighted by atomic mass is 16.5. The van der Waals surface area contributed by atoms with Gasteiger partial charge in [-0.2, -0.15) is 0 Å². The smallest absolute Gasteiger partial charge is 0.258 e. The molecule has 0 aromatic carbocycles. The van der Waals surface area contributed by atoms with Crippen molar-refractivity contribution in [1.82, 2.24) is 4.98 Å². The maximum absolute atomic E-state index is 8.85. The highest BCUT2D eigenvalue weighted by Gasteiger charge is 2.08. The number of aromatic nitrogens is 1. The van der Waals surface area contributed by atoms with Gasteiger partial charge < -0.3 is 14.3 Å². The number of aliphatic hydroxyl groups is 1. The molecule has 0 unspecified atom stereocenters. The van der Waals surface area contributed by atoms with Gasteiger partial charge in [0.25, 0.3) is 5.88 Å². The molecule has 2 aromatic heterocycles. The predicted molar refractivity (Wildman–Crippen MR) is 46.5 cm³/mol. The van der Waals surface area contributed by atoms with Gasteiger partial charge in [0.2, 0.25) is 0 Å². The van der Waals surface area contributed by atoms with Crippen molar-refractivity contribution in [2.45, 2.75) is 6.61 Å². The van der Waals surface area contributed by atoms with Crippen LogP contribution in [-0.4, -0.2) is 17.2 Å². The van der Waals surface area contributed by atoms with Gasteiger partial charge in [-0.25, -0.2) is 4.98 Å². The molecule has 2 aromatic rings. The van der Waals surface area contributed by atoms with E-state index in [1.807, 2.05) is 0 Å². The molecule has 4 nitrogen and oxygen atoms in total. The zero-order valence-electron chi connectivity index (χ0n) is 7.15. The Balaban J connectivity index is 2.67. The molecule has 2 heterocycles. The van der Waals surface area contributed by atoms with Crippen molar-refractivity contribution in [3.63, 3.8) is 0 Å². The molecule has 0 aliphatic carbocycles. The SMILES string of the molecule is COc1nccc2cc(CO)oc12. The minimum atomic E-state index is -0.113. The minimum absolute atomic E-state index is 0.113. The van der Waals surface area contributed by atoms with Crippen LogP contribution in [-0.2, 0) is 6.61 Å². The summed E-state index contributed by atoms with van der Waals surface area (Å²) in [6.07, 6.45) is 1.64. The summed E-state index contributed by atoms with van der Waals surface area (Å²) in [7, 11) is 1.53. The maximum atomic E-state index is 8.85. The lowest BCUT2D eigenvalue weighted by atomic mass is 10.3. The van der Waals surface area contributed by atoms with Gasteiger partial charge in [-0.3, -0.25) is 0 Å². The minimum Gasteiger partial charge on any atom is -0.478 e. The molecule has 0 bridgehead atoms. The van der Waals surface area contributed by atoms with Gasteiger partial charge >= 0.3 is 0 Å². The molecule has 0 saturated carbocycles. The second-order valence-electron chi connectivity index (χ2n) is 2.61. The van der Waals surface area contributed by atoms with Gasteiger partial charge in [0.1, 0.15) is 12.4 Å². The van der Waals surface area contributed by atoms with Crippen LogP contribution in [0, 0.1) is 0 Å². The van der Waals surface area contributed by atoms with Crippen LogP contribution in [0.4, 0.5) is 0 Å². The highest BCUT2D eigenvalue weighted by Crippen LogP contribution is 2.25. The van der Waals surface area contributed by atoms with Crippen LogP contribution in [0.2, 0.25) is 0 Å². The first-order valence-corrected chi connectivity index (χ1v) is 3.87. The lowest BCUT2D eigenvalue weighted by molar-refractivity contribution is 0.250. The molecular weight excluding hydrogens is 170 g/mol. The highest BCUT2D eigenvalue weighted by molar-refractivity contribution is 5.81. The molecular formula is C9H9NO3. The molecule has 13 heavy (non-hydrogen) atoms. The van der Waals surface area contributed by atoms with Gasteiger partial charge in [-0.1, -0.05) is 0 Å². The van der Waals surface area contributed by atoms with Crippen molar-refractivity contribution in [1.29, 1.82) is 0 Å². The van der Waals surface area contributed by atoms with Crippen LogP contribution in [0.15, 0.2) is 22.7 Å². The first-order valence-electron chi connectivity index (χ1n) is 3.87. The Bertz CT molecular complexity index is 422. The van der Waals surface area contributed by atoms with Gasteiger partial charge in [-0.15, -0.1) is 0 Å². The zero-order chi connectivity index (χ0) is 9.26. The number of pyridine rings is 1. The van der Waals surface area contributed by atoms with Crippen molar-refractivity contribution < 1.29 is 14.3 Å². The Morgan fingerprint density at radius 2 is 2.46 bits per heavy atom. The largest absolute Gasteiger partial charge is 0.478 e. The molecule has 0 amide bonds. The predicted octanol–water partition coefficient (Wildman–Crippen LogP) is 1.33. The van der Waals surface area contributed by atoms with E-state index in [2.05, 4.69) is 4.98 Å². The van der Waals surface area contributed by atoms with E-state index < -0.39 is 0 Å². The van der Waals surface area contributed by atoms with Crippen molar-refractivity contribution in [2.24, 2.45) is 0 Å². The van der Waals surface area contributed by atoms with E-state index >= 15 is 0 Å². The van der Waals surface area contributed by atoms with E-state index in [1.54, 1.807) is 18.3 Å². The van der Waals surface area contributed by atoms with Gasteiger partial charge in [-0.05, 0) is 12.1 Å². The third-order valence-electron chi connectivity index (χ3n) is 1.80. The van der Waals surface area contributed by atoms with Crippen LogP contribution >= 0.6 is 0 Å². The maximum Gasteiger partial charge on any atom is 0.258 e. The number of furan rings is 1. The Labute approximate surface area is 74.8 Å². The summed E-state index contributed by atoms with van der Waals surface area (Å²) in [6, 6.07) is 3.57. The van der Waals surface area contributed by atoms with Crippen LogP contribution in [0.5, 0.6) is 5.88 Å². The van der Waals surface area contributed by atoms with Crippen molar-refractivity contribution >= 4 is 11.0 Å². The van der Waals surface area contributed by atoms with Crippen molar-refractivity contribution in [3.8, 4) is 5.88 Å². The lowest BCUT2D eigenvalue weighted by Gasteiger charge is -1.96. The molecule has 0 radical (unpaired) electrons. The second-order valence-corrected chi connectivity index (χ2v) is 2.61. The zero-order valence-corrected chi connectivity index (χ0v) is 7.15. The quantitative estimate of drug-likeness (QED) is 0.755. The molecule has 0 aliphatic rings. The molecule has 2 rings (SSSR count). The molecule has 68 valence electrons. The van der Waals surface area contributed by atoms with Crippen molar-refractivity contribution in [2.75, 3.05) is 7.11 Å². The lowest BCUT2D eigenvalue weighted by Crippen LogP contribution is -1.85. The molecule has 0 fully saturated rings. The summed E-state index contributed by atoms with van der Waals surface area (Å²) in [5.74, 6) is 0.957. The fraction of sp³-hybridized carbons (Fsp3) is 0.222. The number of methoxy groups -OCH3 is 1. The van der Waals surface area contributed by atoms with Crippen LogP contribution in [0.25, 0.3) is 11.0 Å². The summed E-state index contributed by atoms with van der Waals surface area (Å²) in [5, 5.41) is 9.73. The average molecular weight is 179 g/mol.